The van der Waals surface area contributed by atoms with E-state index < -0.39 is 0 Å². The van der Waals surface area contributed by atoms with Crippen molar-refractivity contribution >= 4 is 0 Å². The van der Waals surface area contributed by atoms with Crippen LogP contribution >= 0.6 is 0 Å². The third-order valence-electron chi connectivity index (χ3n) is 1.90. The van der Waals surface area contributed by atoms with E-state index in [1.54, 1.807) is 0 Å². The summed E-state index contributed by atoms with van der Waals surface area (Å²) in [5.74, 6) is 0. The van der Waals surface area contributed by atoms with Gasteiger partial charge in [0.2, 0.25) is 0 Å². The highest BCUT2D eigenvalue weighted by atomic mass is 15.0. The summed E-state index contributed by atoms with van der Waals surface area (Å²) in [4.78, 5) is 0. The van der Waals surface area contributed by atoms with Crippen molar-refractivity contribution in [3.63, 3.8) is 0 Å². The predicted molar refractivity (Wildman–Crippen MR) is 55.5 cm³/mol. The Morgan fingerprint density at radius 2 is 1.69 bits per heavy atom. The van der Waals surface area contributed by atoms with Gasteiger partial charge in [0, 0.05) is 13.1 Å². The molecule has 0 unspecified atom stereocenters. The maximum absolute atomic E-state index is 5.37. The van der Waals surface area contributed by atoms with Crippen molar-refractivity contribution in [2.24, 2.45) is 5.73 Å². The molecule has 0 aromatic carbocycles. The summed E-state index contributed by atoms with van der Waals surface area (Å²) in [6.07, 6.45) is 1.23. The highest BCUT2D eigenvalue weighted by Gasteiger charge is 1.92. The molecule has 0 fully saturated rings. The van der Waals surface area contributed by atoms with Crippen LogP contribution in [0.4, 0.5) is 0 Å². The van der Waals surface area contributed by atoms with Gasteiger partial charge in [-0.3, -0.25) is 0 Å². The minimum absolute atomic E-state index is 0.790. The van der Waals surface area contributed by atoms with Crippen LogP contribution in [0.1, 0.15) is 13.3 Å². The largest absolute Gasteiger partial charge is 0.341 e. The molecular weight excluding hydrogens is 164 g/mol. The fourth-order valence-corrected chi connectivity index (χ4v) is 1.15. The molecule has 0 saturated carbocycles. The Labute approximate surface area is 81.6 Å². The maximum atomic E-state index is 5.37. The van der Waals surface area contributed by atoms with Crippen LogP contribution in [0.2, 0.25) is 0 Å². The molecule has 0 rings (SSSR count). The average Bonchev–Trinajstić information content (AvgIpc) is 2.16. The van der Waals surface area contributed by atoms with Crippen molar-refractivity contribution in [1.29, 1.82) is 0 Å². The number of hydrogen-bond donors (Lipinski definition) is 4. The highest BCUT2D eigenvalue weighted by Crippen LogP contribution is 1.65. The fourth-order valence-electron chi connectivity index (χ4n) is 1.15. The molecule has 0 heterocycles. The van der Waals surface area contributed by atoms with Crippen LogP contribution in [0.15, 0.2) is 0 Å². The predicted octanol–water partition coefficient (Wildman–Crippen LogP) is -2.93. The molecule has 0 aliphatic carbocycles. The average molecular weight is 190 g/mol. The molecule has 0 saturated heterocycles. The first kappa shape index (κ1) is 12.8. The van der Waals surface area contributed by atoms with E-state index in [0.717, 1.165) is 26.2 Å². The molecule has 0 aliphatic heterocycles. The quantitative estimate of drug-likeness (QED) is 0.279. The first-order valence-electron chi connectivity index (χ1n) is 5.46. The summed E-state index contributed by atoms with van der Waals surface area (Å²) in [6, 6.07) is 0. The number of rotatable bonds is 10. The van der Waals surface area contributed by atoms with Crippen LogP contribution in [0.3, 0.4) is 0 Å². The van der Waals surface area contributed by atoms with E-state index in [1.807, 2.05) is 0 Å². The third-order valence-corrected chi connectivity index (χ3v) is 1.90. The van der Waals surface area contributed by atoms with E-state index in [0.29, 0.717) is 0 Å². The Bertz CT molecular complexity index is 77.7. The molecule has 4 nitrogen and oxygen atoms in total. The minimum Gasteiger partial charge on any atom is -0.341 e. The lowest BCUT2D eigenvalue weighted by Crippen LogP contribution is -2.95. The minimum atomic E-state index is 0.790. The van der Waals surface area contributed by atoms with E-state index in [1.165, 1.54) is 26.1 Å². The molecular formula is C9H26N4+2. The summed E-state index contributed by atoms with van der Waals surface area (Å²) < 4.78 is 0. The van der Waals surface area contributed by atoms with Crippen molar-refractivity contribution in [1.82, 2.24) is 5.32 Å². The zero-order chi connectivity index (χ0) is 9.78. The molecule has 4 heteroatoms. The highest BCUT2D eigenvalue weighted by molar-refractivity contribution is 4.40. The van der Waals surface area contributed by atoms with Gasteiger partial charge in [0.1, 0.15) is 13.1 Å². The van der Waals surface area contributed by atoms with Gasteiger partial charge in [-0.2, -0.15) is 0 Å². The Morgan fingerprint density at radius 3 is 2.31 bits per heavy atom. The molecule has 0 aromatic rings. The molecule has 0 radical (unpaired) electrons. The van der Waals surface area contributed by atoms with Gasteiger partial charge in [0.15, 0.2) is 0 Å². The summed E-state index contributed by atoms with van der Waals surface area (Å²) in [5, 5.41) is 8.01. The third kappa shape index (κ3) is 11.8. The second-order valence-electron chi connectivity index (χ2n) is 3.27. The first-order chi connectivity index (χ1) is 6.41. The van der Waals surface area contributed by atoms with Crippen molar-refractivity contribution < 1.29 is 10.6 Å². The first-order valence-corrected chi connectivity index (χ1v) is 5.46. The molecule has 0 atom stereocenters. The van der Waals surface area contributed by atoms with E-state index in [2.05, 4.69) is 22.9 Å². The molecule has 0 amide bonds. The summed E-state index contributed by atoms with van der Waals surface area (Å²) in [6.45, 7) is 9.89. The van der Waals surface area contributed by atoms with Crippen LogP contribution < -0.4 is 21.7 Å². The Morgan fingerprint density at radius 1 is 1.00 bits per heavy atom. The summed E-state index contributed by atoms with van der Waals surface area (Å²) in [5.41, 5.74) is 5.37. The van der Waals surface area contributed by atoms with Crippen LogP contribution in [0.25, 0.3) is 0 Å². The summed E-state index contributed by atoms with van der Waals surface area (Å²) in [7, 11) is 0. The van der Waals surface area contributed by atoms with Crippen LogP contribution in [0.5, 0.6) is 0 Å². The second-order valence-corrected chi connectivity index (χ2v) is 3.27. The normalized spacial score (nSPS) is 10.6. The van der Waals surface area contributed by atoms with Gasteiger partial charge in [-0.15, -0.1) is 0 Å². The van der Waals surface area contributed by atoms with Gasteiger partial charge in [-0.25, -0.2) is 0 Å². The van der Waals surface area contributed by atoms with Crippen LogP contribution in [0, 0.1) is 0 Å². The number of hydrogen-bond acceptors (Lipinski definition) is 2. The standard InChI is InChI=1S/C9H24N4/c1-2-4-11-6-8-13-9-7-12-5-3-10/h11-13H,2-10H2,1H3/p+2. The van der Waals surface area contributed by atoms with E-state index in [-0.39, 0.29) is 0 Å². The Balaban J connectivity index is 2.76. The fraction of sp³-hybridized carbons (Fsp3) is 1.00. The lowest BCUT2D eigenvalue weighted by Gasteiger charge is -2.02. The molecule has 13 heavy (non-hydrogen) atoms. The SMILES string of the molecule is CCCNCC[NH2+]CC[NH2+]CCN. The zero-order valence-corrected chi connectivity index (χ0v) is 8.89. The van der Waals surface area contributed by atoms with Gasteiger partial charge in [-0.05, 0) is 13.0 Å². The van der Waals surface area contributed by atoms with Crippen molar-refractivity contribution in [3.05, 3.63) is 0 Å². The summed E-state index contributed by atoms with van der Waals surface area (Å²) >= 11 is 0. The molecule has 0 bridgehead atoms. The van der Waals surface area contributed by atoms with Gasteiger partial charge in [-0.1, -0.05) is 6.92 Å². The van der Waals surface area contributed by atoms with Crippen molar-refractivity contribution in [3.8, 4) is 0 Å². The number of nitrogens with two attached hydrogens (primary N) is 3. The second kappa shape index (κ2) is 11.8. The molecule has 7 N–H and O–H groups in total. The van der Waals surface area contributed by atoms with E-state index in [9.17, 15) is 0 Å². The van der Waals surface area contributed by atoms with Gasteiger partial charge >= 0.3 is 0 Å². The van der Waals surface area contributed by atoms with Gasteiger partial charge in [0.05, 0.1) is 13.1 Å². The monoisotopic (exact) mass is 190 g/mol. The molecule has 0 aromatic heterocycles. The molecule has 0 spiro atoms. The van der Waals surface area contributed by atoms with Crippen molar-refractivity contribution in [2.45, 2.75) is 13.3 Å². The molecule has 0 aliphatic rings. The number of nitrogens with one attached hydrogen (secondary N) is 1. The lowest BCUT2D eigenvalue weighted by molar-refractivity contribution is -0.721. The lowest BCUT2D eigenvalue weighted by atomic mass is 10.4. The van der Waals surface area contributed by atoms with Crippen molar-refractivity contribution in [2.75, 3.05) is 45.8 Å². The van der Waals surface area contributed by atoms with Gasteiger partial charge in [0.25, 0.3) is 0 Å². The van der Waals surface area contributed by atoms with Gasteiger partial charge < -0.3 is 21.7 Å². The van der Waals surface area contributed by atoms with E-state index in [4.69, 9.17) is 5.73 Å². The topological polar surface area (TPSA) is 71.3 Å². The molecule has 80 valence electrons. The van der Waals surface area contributed by atoms with Crippen LogP contribution in [-0.4, -0.2) is 45.8 Å². The maximum Gasteiger partial charge on any atom is 0.125 e. The zero-order valence-electron chi connectivity index (χ0n) is 8.89. The smallest absolute Gasteiger partial charge is 0.125 e. The Hall–Kier alpha value is -0.160. The van der Waals surface area contributed by atoms with E-state index >= 15 is 0 Å². The van der Waals surface area contributed by atoms with Crippen LogP contribution in [-0.2, 0) is 0 Å². The number of quaternary nitrogens is 2. The Kier molecular flexibility index (Phi) is 11.7.